The topological polar surface area (TPSA) is 50.4 Å². The fourth-order valence-electron chi connectivity index (χ4n) is 2.37. The molecule has 2 aromatic rings. The van der Waals surface area contributed by atoms with Crippen molar-refractivity contribution in [1.82, 2.24) is 0 Å². The van der Waals surface area contributed by atoms with Crippen LogP contribution in [0, 0.1) is 5.82 Å². The summed E-state index contributed by atoms with van der Waals surface area (Å²) >= 11 is 0. The van der Waals surface area contributed by atoms with Crippen LogP contribution in [0.15, 0.2) is 36.4 Å². The van der Waals surface area contributed by atoms with Crippen molar-refractivity contribution in [3.63, 3.8) is 0 Å². The monoisotopic (exact) mass is 286 g/mol. The number of carbonyl (C=O) groups excluding carboxylic acids is 1. The van der Waals surface area contributed by atoms with Gasteiger partial charge in [-0.25, -0.2) is 4.39 Å². The van der Waals surface area contributed by atoms with E-state index < -0.39 is 5.82 Å². The second-order valence-corrected chi connectivity index (χ2v) is 4.85. The first-order valence-electron chi connectivity index (χ1n) is 6.69. The molecule has 1 heterocycles. The Balaban J connectivity index is 1.83. The highest BCUT2D eigenvalue weighted by Gasteiger charge is 2.15. The van der Waals surface area contributed by atoms with Gasteiger partial charge in [0, 0.05) is 23.9 Å². The lowest BCUT2D eigenvalue weighted by molar-refractivity contribution is 0.102. The van der Waals surface area contributed by atoms with Crippen molar-refractivity contribution in [2.45, 2.75) is 6.42 Å². The zero-order chi connectivity index (χ0) is 14.8. The van der Waals surface area contributed by atoms with E-state index in [1.165, 1.54) is 25.3 Å². The standard InChI is InChI=1S/C16H15FN2O2/c1-21-12-3-4-13(17)15(9-12)19-16(20)11-2-5-14-10(8-11)6-7-18-14/h2-5,8-9,18H,6-7H2,1H3,(H,19,20). The summed E-state index contributed by atoms with van der Waals surface area (Å²) in [5, 5.41) is 5.81. The Bertz CT molecular complexity index is 701. The molecule has 0 atom stereocenters. The van der Waals surface area contributed by atoms with Gasteiger partial charge in [0.15, 0.2) is 0 Å². The lowest BCUT2D eigenvalue weighted by atomic mass is 10.1. The molecular weight excluding hydrogens is 271 g/mol. The Morgan fingerprint density at radius 3 is 2.95 bits per heavy atom. The van der Waals surface area contributed by atoms with Crippen LogP contribution in [0.4, 0.5) is 15.8 Å². The predicted octanol–water partition coefficient (Wildman–Crippen LogP) is 3.05. The summed E-state index contributed by atoms with van der Waals surface area (Å²) in [4.78, 5) is 12.2. The van der Waals surface area contributed by atoms with Crippen LogP contribution < -0.4 is 15.4 Å². The molecule has 0 radical (unpaired) electrons. The quantitative estimate of drug-likeness (QED) is 0.911. The van der Waals surface area contributed by atoms with E-state index in [1.54, 1.807) is 6.07 Å². The number of rotatable bonds is 3. The number of methoxy groups -OCH3 is 1. The van der Waals surface area contributed by atoms with Gasteiger partial charge in [-0.15, -0.1) is 0 Å². The van der Waals surface area contributed by atoms with Gasteiger partial charge in [-0.2, -0.15) is 0 Å². The van der Waals surface area contributed by atoms with Crippen LogP contribution >= 0.6 is 0 Å². The third-order valence-electron chi connectivity index (χ3n) is 3.50. The van der Waals surface area contributed by atoms with Gasteiger partial charge in [-0.1, -0.05) is 0 Å². The first kappa shape index (κ1) is 13.4. The molecule has 1 aliphatic rings. The number of halogens is 1. The van der Waals surface area contributed by atoms with E-state index in [2.05, 4.69) is 10.6 Å². The summed E-state index contributed by atoms with van der Waals surface area (Å²) < 4.78 is 18.8. The van der Waals surface area contributed by atoms with Crippen molar-refractivity contribution < 1.29 is 13.9 Å². The van der Waals surface area contributed by atoms with E-state index in [4.69, 9.17) is 4.74 Å². The minimum atomic E-state index is -0.494. The molecule has 0 spiro atoms. The number of nitrogens with one attached hydrogen (secondary N) is 2. The molecule has 1 amide bonds. The van der Waals surface area contributed by atoms with Gasteiger partial charge in [0.25, 0.3) is 5.91 Å². The summed E-state index contributed by atoms with van der Waals surface area (Å²) in [6, 6.07) is 9.67. The van der Waals surface area contributed by atoms with Gasteiger partial charge in [0.2, 0.25) is 0 Å². The van der Waals surface area contributed by atoms with Crippen LogP contribution in [0.1, 0.15) is 15.9 Å². The summed E-state index contributed by atoms with van der Waals surface area (Å²) in [6.45, 7) is 0.880. The van der Waals surface area contributed by atoms with Gasteiger partial charge in [-0.3, -0.25) is 4.79 Å². The molecule has 108 valence electrons. The Kier molecular flexibility index (Phi) is 3.48. The minimum absolute atomic E-state index is 0.109. The van der Waals surface area contributed by atoms with Crippen molar-refractivity contribution in [1.29, 1.82) is 0 Å². The van der Waals surface area contributed by atoms with Crippen LogP contribution in [0.5, 0.6) is 5.75 Å². The van der Waals surface area contributed by atoms with Crippen molar-refractivity contribution in [2.75, 3.05) is 24.3 Å². The molecule has 2 aromatic carbocycles. The zero-order valence-corrected chi connectivity index (χ0v) is 11.6. The first-order valence-corrected chi connectivity index (χ1v) is 6.69. The molecule has 0 unspecified atom stereocenters. The highest BCUT2D eigenvalue weighted by atomic mass is 19.1. The summed E-state index contributed by atoms with van der Waals surface area (Å²) in [5.41, 5.74) is 2.78. The highest BCUT2D eigenvalue weighted by Crippen LogP contribution is 2.25. The van der Waals surface area contributed by atoms with Crippen LogP contribution in [0.3, 0.4) is 0 Å². The third-order valence-corrected chi connectivity index (χ3v) is 3.50. The number of hydrogen-bond acceptors (Lipinski definition) is 3. The summed E-state index contributed by atoms with van der Waals surface area (Å²) in [6.07, 6.45) is 0.893. The van der Waals surface area contributed by atoms with Crippen LogP contribution in [0.2, 0.25) is 0 Å². The molecule has 21 heavy (non-hydrogen) atoms. The van der Waals surface area contributed by atoms with Gasteiger partial charge >= 0.3 is 0 Å². The van der Waals surface area contributed by atoms with Crippen molar-refractivity contribution in [2.24, 2.45) is 0 Å². The number of amides is 1. The number of anilines is 2. The van der Waals surface area contributed by atoms with Gasteiger partial charge in [-0.05, 0) is 42.3 Å². The van der Waals surface area contributed by atoms with E-state index in [1.807, 2.05) is 12.1 Å². The maximum atomic E-state index is 13.7. The fourth-order valence-corrected chi connectivity index (χ4v) is 2.37. The molecule has 1 aliphatic heterocycles. The van der Waals surface area contributed by atoms with Gasteiger partial charge in [0.05, 0.1) is 12.8 Å². The second-order valence-electron chi connectivity index (χ2n) is 4.85. The number of fused-ring (bicyclic) bond motifs is 1. The fraction of sp³-hybridized carbons (Fsp3) is 0.188. The van der Waals surface area contributed by atoms with Crippen molar-refractivity contribution in [3.05, 3.63) is 53.3 Å². The molecular formula is C16H15FN2O2. The normalized spacial score (nSPS) is 12.5. The predicted molar refractivity (Wildman–Crippen MR) is 79.5 cm³/mol. The summed E-state index contributed by atoms with van der Waals surface area (Å²) in [5.74, 6) is -0.339. The molecule has 0 saturated carbocycles. The van der Waals surface area contributed by atoms with Crippen LogP contribution in [-0.2, 0) is 6.42 Å². The van der Waals surface area contributed by atoms with Gasteiger partial charge < -0.3 is 15.4 Å². The number of benzene rings is 2. The van der Waals surface area contributed by atoms with E-state index in [-0.39, 0.29) is 11.6 Å². The largest absolute Gasteiger partial charge is 0.497 e. The third kappa shape index (κ3) is 2.67. The minimum Gasteiger partial charge on any atom is -0.497 e. The molecule has 4 nitrogen and oxygen atoms in total. The van der Waals surface area contributed by atoms with E-state index in [0.717, 1.165) is 24.2 Å². The van der Waals surface area contributed by atoms with Crippen molar-refractivity contribution in [3.8, 4) is 5.75 Å². The van der Waals surface area contributed by atoms with Crippen molar-refractivity contribution >= 4 is 17.3 Å². The lowest BCUT2D eigenvalue weighted by Gasteiger charge is -2.09. The molecule has 0 saturated heterocycles. The lowest BCUT2D eigenvalue weighted by Crippen LogP contribution is -2.13. The maximum absolute atomic E-state index is 13.7. The highest BCUT2D eigenvalue weighted by molar-refractivity contribution is 6.04. The SMILES string of the molecule is COc1ccc(F)c(NC(=O)c2ccc3c(c2)CCN3)c1. The molecule has 0 fully saturated rings. The number of ether oxygens (including phenoxy) is 1. The van der Waals surface area contributed by atoms with E-state index in [9.17, 15) is 9.18 Å². The van der Waals surface area contributed by atoms with E-state index in [0.29, 0.717) is 11.3 Å². The number of hydrogen-bond donors (Lipinski definition) is 2. The van der Waals surface area contributed by atoms with Crippen LogP contribution in [-0.4, -0.2) is 19.6 Å². The Morgan fingerprint density at radius 1 is 1.29 bits per heavy atom. The first-order chi connectivity index (χ1) is 10.2. The zero-order valence-electron chi connectivity index (χ0n) is 11.6. The molecule has 0 bridgehead atoms. The Morgan fingerprint density at radius 2 is 2.14 bits per heavy atom. The van der Waals surface area contributed by atoms with Crippen LogP contribution in [0.25, 0.3) is 0 Å². The average molecular weight is 286 g/mol. The van der Waals surface area contributed by atoms with Gasteiger partial charge in [0.1, 0.15) is 11.6 Å². The molecule has 5 heteroatoms. The Hall–Kier alpha value is -2.56. The average Bonchev–Trinajstić information content (AvgIpc) is 2.96. The molecule has 2 N–H and O–H groups in total. The maximum Gasteiger partial charge on any atom is 0.255 e. The second kappa shape index (κ2) is 5.44. The number of carbonyl (C=O) groups is 1. The molecule has 0 aromatic heterocycles. The molecule has 3 rings (SSSR count). The molecule has 0 aliphatic carbocycles. The summed E-state index contributed by atoms with van der Waals surface area (Å²) in [7, 11) is 1.49. The van der Waals surface area contributed by atoms with E-state index >= 15 is 0 Å². The Labute approximate surface area is 121 Å². The smallest absolute Gasteiger partial charge is 0.255 e.